The van der Waals surface area contributed by atoms with Crippen LogP contribution in [-0.4, -0.2) is 40.5 Å². The number of esters is 1. The van der Waals surface area contributed by atoms with Gasteiger partial charge in [0.1, 0.15) is 17.7 Å². The van der Waals surface area contributed by atoms with Gasteiger partial charge in [-0.05, 0) is 68.0 Å². The molecular formula is C30H37F2N5O3. The predicted octanol–water partition coefficient (Wildman–Crippen LogP) is 4.31. The molecule has 3 rings (SSSR count). The average Bonchev–Trinajstić information content (AvgIpc) is 2.87. The molecule has 1 aromatic heterocycles. The molecule has 0 saturated carbocycles. The lowest BCUT2D eigenvalue weighted by molar-refractivity contribution is -0.150. The molecule has 4 N–H and O–H groups in total. The minimum absolute atomic E-state index is 0.00250. The molecule has 0 spiro atoms. The van der Waals surface area contributed by atoms with Crippen LogP contribution in [0.2, 0.25) is 0 Å². The fraction of sp³-hybridized carbons (Fsp3) is 0.400. The molecule has 3 aromatic rings. The molecule has 40 heavy (non-hydrogen) atoms. The van der Waals surface area contributed by atoms with E-state index in [1.165, 1.54) is 17.7 Å². The lowest BCUT2D eigenvalue weighted by Crippen LogP contribution is -2.46. The predicted molar refractivity (Wildman–Crippen MR) is 149 cm³/mol. The number of nitrogens with zero attached hydrogens (tertiary/aromatic N) is 2. The van der Waals surface area contributed by atoms with Crippen molar-refractivity contribution in [2.75, 3.05) is 11.9 Å². The van der Waals surface area contributed by atoms with Crippen LogP contribution in [0, 0.1) is 25.5 Å². The van der Waals surface area contributed by atoms with E-state index in [1.54, 1.807) is 6.07 Å². The molecule has 2 atom stereocenters. The van der Waals surface area contributed by atoms with Gasteiger partial charge in [-0.2, -0.15) is 0 Å². The van der Waals surface area contributed by atoms with Crippen LogP contribution in [0.25, 0.3) is 0 Å². The van der Waals surface area contributed by atoms with Crippen LogP contribution in [0.4, 0.5) is 14.7 Å². The van der Waals surface area contributed by atoms with Crippen LogP contribution in [0.1, 0.15) is 54.3 Å². The summed E-state index contributed by atoms with van der Waals surface area (Å²) in [5.41, 5.74) is 10.5. The van der Waals surface area contributed by atoms with E-state index in [0.717, 1.165) is 29.4 Å². The Kier molecular flexibility index (Phi) is 11.6. The molecule has 0 saturated heterocycles. The second kappa shape index (κ2) is 15.1. The Morgan fingerprint density at radius 3 is 2.30 bits per heavy atom. The summed E-state index contributed by atoms with van der Waals surface area (Å²) in [6.07, 6.45) is 0.597. The zero-order valence-corrected chi connectivity index (χ0v) is 23.2. The molecule has 0 radical (unpaired) electrons. The van der Waals surface area contributed by atoms with Crippen molar-refractivity contribution in [2.45, 2.75) is 71.6 Å². The highest BCUT2D eigenvalue weighted by molar-refractivity contribution is 5.89. The van der Waals surface area contributed by atoms with Gasteiger partial charge < -0.3 is 15.8 Å². The van der Waals surface area contributed by atoms with E-state index in [4.69, 9.17) is 10.5 Å². The number of nitrogens with two attached hydrogens (primary N) is 1. The summed E-state index contributed by atoms with van der Waals surface area (Å²) < 4.78 is 33.1. The van der Waals surface area contributed by atoms with E-state index in [9.17, 15) is 18.4 Å². The summed E-state index contributed by atoms with van der Waals surface area (Å²) in [4.78, 5) is 33.3. The largest absolute Gasteiger partial charge is 0.459 e. The van der Waals surface area contributed by atoms with Crippen molar-refractivity contribution in [2.24, 2.45) is 5.73 Å². The van der Waals surface area contributed by atoms with Gasteiger partial charge >= 0.3 is 5.97 Å². The average molecular weight is 554 g/mol. The molecule has 0 aliphatic carbocycles. The van der Waals surface area contributed by atoms with Crippen LogP contribution in [0.3, 0.4) is 0 Å². The highest BCUT2D eigenvalue weighted by Gasteiger charge is 2.23. The van der Waals surface area contributed by atoms with E-state index in [0.29, 0.717) is 12.1 Å². The van der Waals surface area contributed by atoms with Crippen molar-refractivity contribution < 1.29 is 23.1 Å². The van der Waals surface area contributed by atoms with Gasteiger partial charge in [0, 0.05) is 49.4 Å². The first-order valence-electron chi connectivity index (χ1n) is 13.4. The smallest absolute Gasteiger partial charge is 0.306 e. The summed E-state index contributed by atoms with van der Waals surface area (Å²) in [6, 6.07) is 12.4. The number of halogens is 2. The van der Waals surface area contributed by atoms with Gasteiger partial charge in [0.05, 0.1) is 0 Å². The van der Waals surface area contributed by atoms with E-state index in [-0.39, 0.29) is 44.1 Å². The fourth-order valence-electron chi connectivity index (χ4n) is 4.32. The van der Waals surface area contributed by atoms with Crippen molar-refractivity contribution in [1.29, 1.82) is 0 Å². The van der Waals surface area contributed by atoms with Crippen molar-refractivity contribution >= 4 is 17.8 Å². The highest BCUT2D eigenvalue weighted by Crippen LogP contribution is 2.14. The molecule has 2 unspecified atom stereocenters. The Balaban J connectivity index is 1.56. The molecule has 214 valence electrons. The van der Waals surface area contributed by atoms with Gasteiger partial charge in [-0.3, -0.25) is 14.9 Å². The maximum atomic E-state index is 13.7. The number of ether oxygens (including phenoxy) is 1. The third kappa shape index (κ3) is 10.4. The number of aromatic nitrogens is 2. The summed E-state index contributed by atoms with van der Waals surface area (Å²) in [7, 11) is 0. The minimum atomic E-state index is -0.759. The third-order valence-corrected chi connectivity index (χ3v) is 6.25. The number of carbonyl (C=O) groups excluding carboxylic acids is 2. The first kappa shape index (κ1) is 30.8. The monoisotopic (exact) mass is 553 g/mol. The highest BCUT2D eigenvalue weighted by atomic mass is 19.1. The lowest BCUT2D eigenvalue weighted by atomic mass is 10.0. The van der Waals surface area contributed by atoms with Crippen molar-refractivity contribution in [1.82, 2.24) is 15.3 Å². The number of nitrogens with one attached hydrogen (secondary N) is 2. The number of hydrogen-bond acceptors (Lipinski definition) is 7. The number of benzene rings is 2. The van der Waals surface area contributed by atoms with Crippen molar-refractivity contribution in [3.8, 4) is 0 Å². The number of aryl methyl sites for hydroxylation is 3. The fourth-order valence-corrected chi connectivity index (χ4v) is 4.32. The number of anilines is 1. The Morgan fingerprint density at radius 2 is 1.62 bits per heavy atom. The first-order chi connectivity index (χ1) is 19.1. The van der Waals surface area contributed by atoms with Gasteiger partial charge in [0.25, 0.3) is 0 Å². The van der Waals surface area contributed by atoms with Gasteiger partial charge in [0.15, 0.2) is 0 Å². The van der Waals surface area contributed by atoms with Crippen molar-refractivity contribution in [3.05, 3.63) is 88.2 Å². The summed E-state index contributed by atoms with van der Waals surface area (Å²) >= 11 is 0. The maximum absolute atomic E-state index is 13.7. The second-order valence-electron chi connectivity index (χ2n) is 9.85. The van der Waals surface area contributed by atoms with E-state index < -0.39 is 29.7 Å². The van der Waals surface area contributed by atoms with Gasteiger partial charge in [0.2, 0.25) is 11.9 Å². The molecular weight excluding hydrogens is 516 g/mol. The van der Waals surface area contributed by atoms with Gasteiger partial charge in [-0.15, -0.1) is 0 Å². The number of rotatable bonds is 14. The second-order valence-corrected chi connectivity index (χ2v) is 9.85. The summed E-state index contributed by atoms with van der Waals surface area (Å²) in [5, 5.41) is 5.91. The molecule has 0 bridgehead atoms. The zero-order valence-electron chi connectivity index (χ0n) is 23.2. The Morgan fingerprint density at radius 1 is 0.950 bits per heavy atom. The lowest BCUT2D eigenvalue weighted by Gasteiger charge is -2.25. The SMILES string of the molecule is CCc1cccc(CNCC(OC(=O)CCCC(=O)Nc2nc(C)cc(C)n2)C(N)Cc2cc(F)cc(F)c2)c1. The quantitative estimate of drug-likeness (QED) is 0.255. The van der Waals surface area contributed by atoms with Crippen molar-refractivity contribution in [3.63, 3.8) is 0 Å². The molecule has 10 heteroatoms. The van der Waals surface area contributed by atoms with Gasteiger partial charge in [-0.1, -0.05) is 31.2 Å². The summed E-state index contributed by atoms with van der Waals surface area (Å²) in [6.45, 7) is 6.47. The molecule has 0 fully saturated rings. The van der Waals surface area contributed by atoms with Crippen LogP contribution in [0.15, 0.2) is 48.5 Å². The molecule has 2 aromatic carbocycles. The molecule has 1 heterocycles. The molecule has 0 aliphatic rings. The normalized spacial score (nSPS) is 12.6. The van der Waals surface area contributed by atoms with E-state index in [1.807, 2.05) is 26.0 Å². The molecule has 1 amide bonds. The molecule has 0 aliphatic heterocycles. The summed E-state index contributed by atoms with van der Waals surface area (Å²) in [5.74, 6) is -2.00. The Hall–Kier alpha value is -3.76. The first-order valence-corrected chi connectivity index (χ1v) is 13.4. The van der Waals surface area contributed by atoms with Crippen LogP contribution in [0.5, 0.6) is 0 Å². The van der Waals surface area contributed by atoms with Crippen LogP contribution in [-0.2, 0) is 33.7 Å². The standard InChI is InChI=1S/C30H37F2N5O3/c1-4-21-7-5-8-22(12-21)17-34-18-27(26(33)15-23-13-24(31)16-25(32)14-23)40-29(39)10-6-9-28(38)37-30-35-19(2)11-20(3)36-30/h5,7-8,11-14,16,26-27,34H,4,6,9-10,15,17-18,33H2,1-3H3,(H,35,36,37,38). The maximum Gasteiger partial charge on any atom is 0.306 e. The topological polar surface area (TPSA) is 119 Å². The number of carbonyl (C=O) groups is 2. The van der Waals surface area contributed by atoms with Crippen LogP contribution < -0.4 is 16.4 Å². The van der Waals surface area contributed by atoms with Gasteiger partial charge in [-0.25, -0.2) is 18.7 Å². The Bertz CT molecular complexity index is 1260. The van der Waals surface area contributed by atoms with E-state index in [2.05, 4.69) is 39.7 Å². The zero-order chi connectivity index (χ0) is 29.1. The van der Waals surface area contributed by atoms with Crippen LogP contribution >= 0.6 is 0 Å². The number of hydrogen-bond donors (Lipinski definition) is 3. The number of amides is 1. The minimum Gasteiger partial charge on any atom is -0.459 e. The van der Waals surface area contributed by atoms with E-state index >= 15 is 0 Å². The third-order valence-electron chi connectivity index (χ3n) is 6.25. The molecule has 8 nitrogen and oxygen atoms in total. The Labute approximate surface area is 233 Å².